The number of thiocarbonyl (C=S) groups is 1. The molecule has 1 aromatic rings. The molecule has 0 aliphatic heterocycles. The first-order valence-electron chi connectivity index (χ1n) is 7.03. The highest BCUT2D eigenvalue weighted by molar-refractivity contribution is 7.80. The molecule has 0 atom stereocenters. The summed E-state index contributed by atoms with van der Waals surface area (Å²) in [4.78, 5) is 7.03. The van der Waals surface area contributed by atoms with E-state index in [-0.39, 0.29) is 0 Å². The number of hydrogen-bond acceptors (Lipinski definition) is 3. The van der Waals surface area contributed by atoms with E-state index in [0.29, 0.717) is 16.7 Å². The third-order valence-corrected chi connectivity index (χ3v) is 3.45. The lowest BCUT2D eigenvalue weighted by Crippen LogP contribution is -2.31. The van der Waals surface area contributed by atoms with Crippen molar-refractivity contribution in [3.05, 3.63) is 29.6 Å². The normalized spacial score (nSPS) is 11.2. The second-order valence-corrected chi connectivity index (χ2v) is 5.62. The lowest BCUT2D eigenvalue weighted by Gasteiger charge is -2.26. The molecule has 3 nitrogen and oxygen atoms in total. The van der Waals surface area contributed by atoms with Crippen LogP contribution in [0.3, 0.4) is 0 Å². The third kappa shape index (κ3) is 5.66. The predicted octanol–water partition coefficient (Wildman–Crippen LogP) is 3.12. The van der Waals surface area contributed by atoms with Gasteiger partial charge in [0.2, 0.25) is 0 Å². The highest BCUT2D eigenvalue weighted by Crippen LogP contribution is 2.11. The van der Waals surface area contributed by atoms with Crippen LogP contribution in [0.1, 0.15) is 51.3 Å². The molecule has 19 heavy (non-hydrogen) atoms. The average Bonchev–Trinajstić information content (AvgIpc) is 2.38. The predicted molar refractivity (Wildman–Crippen MR) is 85.2 cm³/mol. The number of pyridine rings is 1. The maximum atomic E-state index is 5.63. The van der Waals surface area contributed by atoms with Crippen LogP contribution in [-0.4, -0.2) is 27.5 Å². The van der Waals surface area contributed by atoms with Gasteiger partial charge in [0.25, 0.3) is 0 Å². The topological polar surface area (TPSA) is 42.2 Å². The number of unbranched alkanes of at least 4 members (excludes halogenated alkanes) is 2. The molecule has 0 fully saturated rings. The van der Waals surface area contributed by atoms with E-state index in [1.165, 1.54) is 24.8 Å². The Morgan fingerprint density at radius 1 is 1.42 bits per heavy atom. The number of nitrogens with zero attached hydrogens (tertiary/aromatic N) is 2. The van der Waals surface area contributed by atoms with Crippen molar-refractivity contribution in [2.24, 2.45) is 5.73 Å². The molecular weight excluding hydrogens is 254 g/mol. The summed E-state index contributed by atoms with van der Waals surface area (Å²) in [6, 6.07) is 4.58. The van der Waals surface area contributed by atoms with Crippen molar-refractivity contribution in [3.8, 4) is 0 Å². The first-order chi connectivity index (χ1) is 9.04. The van der Waals surface area contributed by atoms with Crippen LogP contribution >= 0.6 is 12.2 Å². The van der Waals surface area contributed by atoms with E-state index in [0.717, 1.165) is 13.1 Å². The maximum Gasteiger partial charge on any atom is 0.122 e. The van der Waals surface area contributed by atoms with Crippen LogP contribution < -0.4 is 5.73 Å². The van der Waals surface area contributed by atoms with Crippen LogP contribution in [0.15, 0.2) is 18.3 Å². The summed E-state index contributed by atoms with van der Waals surface area (Å²) in [6.45, 7) is 8.77. The summed E-state index contributed by atoms with van der Waals surface area (Å²) in [6.07, 6.45) is 5.58. The van der Waals surface area contributed by atoms with Crippen LogP contribution in [-0.2, 0) is 6.54 Å². The Labute approximate surface area is 122 Å². The van der Waals surface area contributed by atoms with Gasteiger partial charge >= 0.3 is 0 Å². The van der Waals surface area contributed by atoms with Gasteiger partial charge in [0.05, 0.1) is 5.69 Å². The Kier molecular flexibility index (Phi) is 6.95. The van der Waals surface area contributed by atoms with Gasteiger partial charge in [-0.05, 0) is 44.5 Å². The van der Waals surface area contributed by atoms with E-state index in [4.69, 9.17) is 18.0 Å². The summed E-state index contributed by atoms with van der Waals surface area (Å²) >= 11 is 4.97. The molecule has 0 spiro atoms. The van der Waals surface area contributed by atoms with Crippen LogP contribution in [0.5, 0.6) is 0 Å². The van der Waals surface area contributed by atoms with E-state index < -0.39 is 0 Å². The molecule has 1 aromatic heterocycles. The first-order valence-corrected chi connectivity index (χ1v) is 7.44. The van der Waals surface area contributed by atoms with Crippen molar-refractivity contribution in [1.29, 1.82) is 0 Å². The van der Waals surface area contributed by atoms with E-state index in [9.17, 15) is 0 Å². The quantitative estimate of drug-likeness (QED) is 0.586. The molecule has 0 aliphatic carbocycles. The van der Waals surface area contributed by atoms with E-state index >= 15 is 0 Å². The van der Waals surface area contributed by atoms with Gasteiger partial charge in [-0.2, -0.15) is 0 Å². The zero-order chi connectivity index (χ0) is 14.3. The number of rotatable bonds is 8. The Hall–Kier alpha value is -1.00. The Morgan fingerprint density at radius 2 is 2.16 bits per heavy atom. The zero-order valence-corrected chi connectivity index (χ0v) is 13.0. The lowest BCUT2D eigenvalue weighted by atomic mass is 10.1. The van der Waals surface area contributed by atoms with Gasteiger partial charge in [0.1, 0.15) is 4.99 Å². The van der Waals surface area contributed by atoms with Gasteiger partial charge in [-0.25, -0.2) is 0 Å². The second-order valence-electron chi connectivity index (χ2n) is 5.18. The van der Waals surface area contributed by atoms with Crippen LogP contribution in [0.25, 0.3) is 0 Å². The molecule has 0 saturated carbocycles. The Bertz CT molecular complexity index is 404. The standard InChI is InChI=1S/C15H25N3S/c1-4-5-6-9-18(12(2)3)11-13-7-8-17-14(10-13)15(16)19/h7-8,10,12H,4-6,9,11H2,1-3H3,(H2,16,19). The minimum atomic E-state index is 0.365. The smallest absolute Gasteiger partial charge is 0.122 e. The fourth-order valence-electron chi connectivity index (χ4n) is 2.03. The summed E-state index contributed by atoms with van der Waals surface area (Å²) in [7, 11) is 0. The van der Waals surface area contributed by atoms with Crippen LogP contribution in [0.4, 0.5) is 0 Å². The Morgan fingerprint density at radius 3 is 2.74 bits per heavy atom. The molecule has 1 rings (SSSR count). The summed E-state index contributed by atoms with van der Waals surface area (Å²) in [5.41, 5.74) is 7.56. The monoisotopic (exact) mass is 279 g/mol. The molecule has 2 N–H and O–H groups in total. The molecule has 0 amide bonds. The second kappa shape index (κ2) is 8.23. The van der Waals surface area contributed by atoms with Gasteiger partial charge in [-0.15, -0.1) is 0 Å². The molecule has 1 heterocycles. The molecular formula is C15H25N3S. The van der Waals surface area contributed by atoms with Gasteiger partial charge < -0.3 is 5.73 Å². The van der Waals surface area contributed by atoms with Crippen molar-refractivity contribution < 1.29 is 0 Å². The van der Waals surface area contributed by atoms with Crippen molar-refractivity contribution >= 4 is 17.2 Å². The van der Waals surface area contributed by atoms with Gasteiger partial charge in [-0.3, -0.25) is 9.88 Å². The summed E-state index contributed by atoms with van der Waals surface area (Å²) in [5.74, 6) is 0. The number of hydrogen-bond donors (Lipinski definition) is 1. The molecule has 0 saturated heterocycles. The van der Waals surface area contributed by atoms with Gasteiger partial charge in [0, 0.05) is 18.8 Å². The average molecular weight is 279 g/mol. The zero-order valence-electron chi connectivity index (χ0n) is 12.2. The summed E-state index contributed by atoms with van der Waals surface area (Å²) < 4.78 is 0. The fourth-order valence-corrected chi connectivity index (χ4v) is 2.14. The van der Waals surface area contributed by atoms with Crippen molar-refractivity contribution in [3.63, 3.8) is 0 Å². The van der Waals surface area contributed by atoms with Crippen molar-refractivity contribution in [1.82, 2.24) is 9.88 Å². The molecule has 4 heteroatoms. The van der Waals surface area contributed by atoms with Crippen molar-refractivity contribution in [2.45, 2.75) is 52.6 Å². The van der Waals surface area contributed by atoms with E-state index in [1.54, 1.807) is 6.20 Å². The lowest BCUT2D eigenvalue weighted by molar-refractivity contribution is 0.208. The molecule has 0 aromatic carbocycles. The molecule has 0 unspecified atom stereocenters. The van der Waals surface area contributed by atoms with Crippen molar-refractivity contribution in [2.75, 3.05) is 6.54 Å². The minimum absolute atomic E-state index is 0.365. The third-order valence-electron chi connectivity index (χ3n) is 3.24. The summed E-state index contributed by atoms with van der Waals surface area (Å²) in [5, 5.41) is 0. The molecule has 0 aliphatic rings. The van der Waals surface area contributed by atoms with Gasteiger partial charge in [-0.1, -0.05) is 32.0 Å². The fraction of sp³-hybridized carbons (Fsp3) is 0.600. The Balaban J connectivity index is 2.67. The number of nitrogens with two attached hydrogens (primary N) is 1. The van der Waals surface area contributed by atoms with E-state index in [2.05, 4.69) is 30.7 Å². The highest BCUT2D eigenvalue weighted by atomic mass is 32.1. The van der Waals surface area contributed by atoms with E-state index in [1.807, 2.05) is 12.1 Å². The maximum absolute atomic E-state index is 5.63. The van der Waals surface area contributed by atoms with Crippen LogP contribution in [0.2, 0.25) is 0 Å². The molecule has 0 bridgehead atoms. The number of aromatic nitrogens is 1. The van der Waals surface area contributed by atoms with Crippen LogP contribution in [0, 0.1) is 0 Å². The minimum Gasteiger partial charge on any atom is -0.388 e. The molecule has 0 radical (unpaired) electrons. The molecule has 106 valence electrons. The first kappa shape index (κ1) is 16.1. The SMILES string of the molecule is CCCCCN(Cc1ccnc(C(N)=S)c1)C(C)C. The largest absolute Gasteiger partial charge is 0.388 e. The van der Waals surface area contributed by atoms with Gasteiger partial charge in [0.15, 0.2) is 0 Å². The highest BCUT2D eigenvalue weighted by Gasteiger charge is 2.10.